The van der Waals surface area contributed by atoms with Crippen LogP contribution in [-0.4, -0.2) is 15.3 Å². The monoisotopic (exact) mass is 350 g/mol. The largest absolute Gasteiger partial charge is 0.328 e. The molecule has 1 aromatic carbocycles. The zero-order valence-electron chi connectivity index (χ0n) is 14.2. The molecule has 4 rings (SSSR count). The lowest BCUT2D eigenvalue weighted by Gasteiger charge is -2.09. The van der Waals surface area contributed by atoms with Gasteiger partial charge in [0.1, 0.15) is 11.1 Å². The maximum Gasteiger partial charge on any atom is 0.328 e. The molecule has 0 amide bonds. The SMILES string of the molecule is Cn1c(=O)n(C)c2cc(C=Nc3sc4c(c3C#N)CCCC4)ccc21. The van der Waals surface area contributed by atoms with Crippen molar-refractivity contribution < 1.29 is 0 Å². The highest BCUT2D eigenvalue weighted by Gasteiger charge is 2.20. The number of aryl methyl sites for hydroxylation is 3. The summed E-state index contributed by atoms with van der Waals surface area (Å²) in [4.78, 5) is 17.9. The van der Waals surface area contributed by atoms with Crippen LogP contribution in [-0.2, 0) is 26.9 Å². The summed E-state index contributed by atoms with van der Waals surface area (Å²) in [6, 6.07) is 8.18. The molecular weight excluding hydrogens is 332 g/mol. The van der Waals surface area contributed by atoms with E-state index in [0.717, 1.165) is 46.4 Å². The number of fused-ring (bicyclic) bond motifs is 2. The molecule has 0 bridgehead atoms. The summed E-state index contributed by atoms with van der Waals surface area (Å²) in [6.07, 6.45) is 6.18. The Kier molecular flexibility index (Phi) is 3.81. The molecule has 0 unspecified atom stereocenters. The number of rotatable bonds is 2. The summed E-state index contributed by atoms with van der Waals surface area (Å²) in [6.45, 7) is 0. The molecule has 5 nitrogen and oxygen atoms in total. The fourth-order valence-electron chi connectivity index (χ4n) is 3.49. The van der Waals surface area contributed by atoms with E-state index in [1.165, 1.54) is 16.9 Å². The van der Waals surface area contributed by atoms with Gasteiger partial charge in [-0.3, -0.25) is 9.13 Å². The van der Waals surface area contributed by atoms with Crippen LogP contribution in [0.25, 0.3) is 11.0 Å². The molecule has 0 aliphatic heterocycles. The van der Waals surface area contributed by atoms with Crippen molar-refractivity contribution >= 4 is 33.6 Å². The van der Waals surface area contributed by atoms with Gasteiger partial charge in [-0.1, -0.05) is 6.07 Å². The van der Waals surface area contributed by atoms with Gasteiger partial charge in [0, 0.05) is 25.2 Å². The molecular formula is C19H18N4OS. The third kappa shape index (κ3) is 2.52. The predicted molar refractivity (Wildman–Crippen MR) is 101 cm³/mol. The molecule has 6 heteroatoms. The average Bonchev–Trinajstić information content (AvgIpc) is 3.10. The van der Waals surface area contributed by atoms with Gasteiger partial charge in [0.15, 0.2) is 0 Å². The highest BCUT2D eigenvalue weighted by atomic mass is 32.1. The van der Waals surface area contributed by atoms with E-state index in [9.17, 15) is 10.1 Å². The number of hydrogen-bond acceptors (Lipinski definition) is 4. The smallest absolute Gasteiger partial charge is 0.295 e. The van der Waals surface area contributed by atoms with Crippen LogP contribution >= 0.6 is 11.3 Å². The van der Waals surface area contributed by atoms with E-state index in [1.807, 2.05) is 18.2 Å². The van der Waals surface area contributed by atoms with Gasteiger partial charge in [-0.25, -0.2) is 9.79 Å². The van der Waals surface area contributed by atoms with Crippen LogP contribution in [0.5, 0.6) is 0 Å². The lowest BCUT2D eigenvalue weighted by atomic mass is 9.96. The minimum Gasteiger partial charge on any atom is -0.295 e. The number of imidazole rings is 1. The molecule has 25 heavy (non-hydrogen) atoms. The number of aromatic nitrogens is 2. The number of nitrogens with zero attached hydrogens (tertiary/aromatic N) is 4. The standard InChI is InChI=1S/C19H18N4OS/c1-22-15-8-7-12(9-16(15)23(2)19(22)24)11-21-18-14(10-20)13-5-3-4-6-17(13)25-18/h7-9,11H,3-6H2,1-2H3. The van der Waals surface area contributed by atoms with Gasteiger partial charge in [-0.05, 0) is 48.9 Å². The van der Waals surface area contributed by atoms with Gasteiger partial charge >= 0.3 is 5.69 Å². The molecule has 1 aliphatic rings. The first-order chi connectivity index (χ1) is 12.1. The molecule has 0 saturated carbocycles. The van der Waals surface area contributed by atoms with Crippen molar-refractivity contribution in [1.29, 1.82) is 5.26 Å². The Morgan fingerprint density at radius 2 is 1.96 bits per heavy atom. The molecule has 126 valence electrons. The van der Waals surface area contributed by atoms with Gasteiger partial charge in [0.05, 0.1) is 16.6 Å². The van der Waals surface area contributed by atoms with E-state index in [1.54, 1.807) is 40.8 Å². The van der Waals surface area contributed by atoms with Crippen LogP contribution < -0.4 is 5.69 Å². The molecule has 0 atom stereocenters. The Labute approximate surface area is 149 Å². The third-order valence-corrected chi connectivity index (χ3v) is 6.09. The maximum atomic E-state index is 12.0. The number of nitriles is 1. The number of hydrogen-bond donors (Lipinski definition) is 0. The van der Waals surface area contributed by atoms with Crippen molar-refractivity contribution in [1.82, 2.24) is 9.13 Å². The summed E-state index contributed by atoms with van der Waals surface area (Å²) >= 11 is 1.64. The first-order valence-electron chi connectivity index (χ1n) is 8.34. The fourth-order valence-corrected chi connectivity index (χ4v) is 4.68. The minimum atomic E-state index is -0.0400. The molecule has 1 aliphatic carbocycles. The number of aliphatic imine (C=N–C) groups is 1. The first kappa shape index (κ1) is 15.9. The summed E-state index contributed by atoms with van der Waals surface area (Å²) in [7, 11) is 3.54. The third-order valence-electron chi connectivity index (χ3n) is 4.89. The van der Waals surface area contributed by atoms with E-state index in [4.69, 9.17) is 0 Å². The van der Waals surface area contributed by atoms with Crippen molar-refractivity contribution in [3.63, 3.8) is 0 Å². The Morgan fingerprint density at radius 3 is 2.76 bits per heavy atom. The lowest BCUT2D eigenvalue weighted by Crippen LogP contribution is -2.19. The molecule has 0 fully saturated rings. The van der Waals surface area contributed by atoms with Gasteiger partial charge in [-0.2, -0.15) is 5.26 Å². The Balaban J connectivity index is 1.74. The topological polar surface area (TPSA) is 63.1 Å². The van der Waals surface area contributed by atoms with Crippen molar-refractivity contribution in [3.05, 3.63) is 50.3 Å². The second-order valence-electron chi connectivity index (χ2n) is 6.41. The lowest BCUT2D eigenvalue weighted by molar-refractivity contribution is 0.696. The molecule has 0 spiro atoms. The van der Waals surface area contributed by atoms with Crippen LogP contribution in [0.1, 0.15) is 34.4 Å². The second kappa shape index (κ2) is 6.01. The highest BCUT2D eigenvalue weighted by Crippen LogP contribution is 2.39. The molecule has 2 aromatic heterocycles. The first-order valence-corrected chi connectivity index (χ1v) is 9.16. The van der Waals surface area contributed by atoms with Crippen LogP contribution in [0.2, 0.25) is 0 Å². The normalized spacial score (nSPS) is 14.1. The van der Waals surface area contributed by atoms with E-state index in [-0.39, 0.29) is 5.69 Å². The summed E-state index contributed by atoms with van der Waals surface area (Å²) in [5.41, 5.74) is 4.60. The van der Waals surface area contributed by atoms with Gasteiger partial charge in [0.2, 0.25) is 0 Å². The fraction of sp³-hybridized carbons (Fsp3) is 0.316. The maximum absolute atomic E-state index is 12.0. The van der Waals surface area contributed by atoms with E-state index >= 15 is 0 Å². The summed E-state index contributed by atoms with van der Waals surface area (Å²) < 4.78 is 3.27. The molecule has 0 N–H and O–H groups in total. The predicted octanol–water partition coefficient (Wildman–Crippen LogP) is 3.44. The van der Waals surface area contributed by atoms with Crippen LogP contribution in [0.4, 0.5) is 5.00 Å². The minimum absolute atomic E-state index is 0.0400. The van der Waals surface area contributed by atoms with Crippen molar-refractivity contribution in [2.75, 3.05) is 0 Å². The Hall–Kier alpha value is -2.65. The van der Waals surface area contributed by atoms with Crippen LogP contribution in [0.15, 0.2) is 28.0 Å². The van der Waals surface area contributed by atoms with Gasteiger partial charge in [-0.15, -0.1) is 11.3 Å². The molecule has 2 heterocycles. The Bertz CT molecular complexity index is 1110. The van der Waals surface area contributed by atoms with Crippen molar-refractivity contribution in [2.45, 2.75) is 25.7 Å². The van der Waals surface area contributed by atoms with E-state index < -0.39 is 0 Å². The zero-order chi connectivity index (χ0) is 17.6. The molecule has 3 aromatic rings. The van der Waals surface area contributed by atoms with Gasteiger partial charge < -0.3 is 0 Å². The molecule has 0 radical (unpaired) electrons. The van der Waals surface area contributed by atoms with Crippen molar-refractivity contribution in [3.8, 4) is 6.07 Å². The zero-order valence-corrected chi connectivity index (χ0v) is 15.1. The average molecular weight is 350 g/mol. The van der Waals surface area contributed by atoms with Crippen molar-refractivity contribution in [2.24, 2.45) is 19.1 Å². The second-order valence-corrected chi connectivity index (χ2v) is 7.49. The van der Waals surface area contributed by atoms with Crippen LogP contribution in [0, 0.1) is 11.3 Å². The van der Waals surface area contributed by atoms with E-state index in [2.05, 4.69) is 11.1 Å². The number of thiophene rings is 1. The number of benzene rings is 1. The van der Waals surface area contributed by atoms with Crippen LogP contribution in [0.3, 0.4) is 0 Å². The highest BCUT2D eigenvalue weighted by molar-refractivity contribution is 7.16. The molecule has 0 saturated heterocycles. The summed E-state index contributed by atoms with van der Waals surface area (Å²) in [5, 5.41) is 10.3. The van der Waals surface area contributed by atoms with E-state index in [0.29, 0.717) is 0 Å². The Morgan fingerprint density at radius 1 is 1.20 bits per heavy atom. The van der Waals surface area contributed by atoms with Gasteiger partial charge in [0.25, 0.3) is 0 Å². The summed E-state index contributed by atoms with van der Waals surface area (Å²) in [5.74, 6) is 0. The quantitative estimate of drug-likeness (QED) is 0.665.